The van der Waals surface area contributed by atoms with Crippen LogP contribution in [0.3, 0.4) is 0 Å². The third kappa shape index (κ3) is 4.17. The molecule has 3 rings (SSSR count). The zero-order valence-electron chi connectivity index (χ0n) is 12.7. The molecule has 0 spiro atoms. The minimum absolute atomic E-state index is 0.278. The van der Waals surface area contributed by atoms with Gasteiger partial charge >= 0.3 is 0 Å². The molecule has 1 saturated heterocycles. The lowest BCUT2D eigenvalue weighted by molar-refractivity contribution is 0.0999. The van der Waals surface area contributed by atoms with Crippen LogP contribution in [0.2, 0.25) is 0 Å². The summed E-state index contributed by atoms with van der Waals surface area (Å²) < 4.78 is 5.76. The van der Waals surface area contributed by atoms with Crippen LogP contribution in [0.4, 0.5) is 11.6 Å². The highest BCUT2D eigenvalue weighted by molar-refractivity contribution is 5.92. The van der Waals surface area contributed by atoms with Gasteiger partial charge in [0.2, 0.25) is 5.95 Å². The van der Waals surface area contributed by atoms with Gasteiger partial charge in [0.05, 0.1) is 5.56 Å². The van der Waals surface area contributed by atoms with Gasteiger partial charge in [-0.25, -0.2) is 9.97 Å². The van der Waals surface area contributed by atoms with Gasteiger partial charge in [0.15, 0.2) is 0 Å². The second-order valence-electron chi connectivity index (χ2n) is 5.41. The molecule has 4 N–H and O–H groups in total. The first-order valence-electron chi connectivity index (χ1n) is 7.56. The van der Waals surface area contributed by atoms with Gasteiger partial charge in [0.1, 0.15) is 12.4 Å². The molecule has 1 aliphatic heterocycles. The number of ether oxygens (including phenoxy) is 1. The molecule has 2 heterocycles. The van der Waals surface area contributed by atoms with Gasteiger partial charge in [-0.2, -0.15) is 0 Å². The number of benzene rings is 1. The van der Waals surface area contributed by atoms with Gasteiger partial charge in [-0.1, -0.05) is 0 Å². The van der Waals surface area contributed by atoms with Crippen LogP contribution in [0.5, 0.6) is 5.75 Å². The molecule has 0 aliphatic carbocycles. The first-order chi connectivity index (χ1) is 11.2. The Balaban J connectivity index is 1.55. The fraction of sp³-hybridized carbons (Fsp3) is 0.312. The van der Waals surface area contributed by atoms with Crippen LogP contribution < -0.4 is 21.1 Å². The molecule has 1 aromatic carbocycles. The molecule has 0 bridgehead atoms. The van der Waals surface area contributed by atoms with Crippen molar-refractivity contribution in [3.05, 3.63) is 42.2 Å². The average Bonchev–Trinajstić information content (AvgIpc) is 3.08. The molecule has 0 saturated carbocycles. The van der Waals surface area contributed by atoms with Crippen LogP contribution >= 0.6 is 0 Å². The van der Waals surface area contributed by atoms with Crippen LogP contribution in [-0.2, 0) is 0 Å². The monoisotopic (exact) mass is 313 g/mol. The number of carbonyl (C=O) groups is 1. The average molecular weight is 313 g/mol. The van der Waals surface area contributed by atoms with E-state index in [1.807, 2.05) is 24.3 Å². The van der Waals surface area contributed by atoms with Gasteiger partial charge < -0.3 is 21.1 Å². The van der Waals surface area contributed by atoms with Gasteiger partial charge in [-0.3, -0.25) is 4.79 Å². The predicted molar refractivity (Wildman–Crippen MR) is 86.8 cm³/mol. The number of aromatic nitrogens is 2. The minimum atomic E-state index is -0.546. The summed E-state index contributed by atoms with van der Waals surface area (Å²) in [5, 5.41) is 6.45. The van der Waals surface area contributed by atoms with Crippen molar-refractivity contribution in [1.29, 1.82) is 0 Å². The smallest absolute Gasteiger partial charge is 0.251 e. The Bertz CT molecular complexity index is 651. The Morgan fingerprint density at radius 3 is 2.65 bits per heavy atom. The molecular formula is C16H19N5O2. The van der Waals surface area contributed by atoms with Crippen LogP contribution in [0, 0.1) is 0 Å². The highest BCUT2D eigenvalue weighted by Crippen LogP contribution is 2.19. The Morgan fingerprint density at radius 2 is 2.04 bits per heavy atom. The first-order valence-corrected chi connectivity index (χ1v) is 7.56. The molecule has 7 heteroatoms. The normalized spacial score (nSPS) is 17.0. The summed E-state index contributed by atoms with van der Waals surface area (Å²) in [6.07, 6.45) is 5.16. The van der Waals surface area contributed by atoms with Gasteiger partial charge in [0, 0.05) is 24.1 Å². The van der Waals surface area contributed by atoms with Crippen LogP contribution in [0.15, 0.2) is 36.7 Å². The van der Waals surface area contributed by atoms with Crippen molar-refractivity contribution in [3.63, 3.8) is 0 Å². The van der Waals surface area contributed by atoms with E-state index in [2.05, 4.69) is 20.6 Å². The highest BCUT2D eigenvalue weighted by atomic mass is 16.5. The maximum Gasteiger partial charge on any atom is 0.251 e. The fourth-order valence-corrected chi connectivity index (χ4v) is 2.38. The number of rotatable bonds is 6. The fourth-order valence-electron chi connectivity index (χ4n) is 2.38. The molecule has 1 aromatic heterocycles. The van der Waals surface area contributed by atoms with E-state index in [0.29, 0.717) is 18.6 Å². The van der Waals surface area contributed by atoms with Crippen molar-refractivity contribution in [2.24, 2.45) is 5.73 Å². The molecule has 1 amide bonds. The van der Waals surface area contributed by atoms with E-state index < -0.39 is 5.91 Å². The molecular weight excluding hydrogens is 294 g/mol. The molecule has 1 atom stereocenters. The van der Waals surface area contributed by atoms with Gasteiger partial charge in [0.25, 0.3) is 5.91 Å². The number of primary amides is 1. The molecule has 23 heavy (non-hydrogen) atoms. The summed E-state index contributed by atoms with van der Waals surface area (Å²) >= 11 is 0. The topological polar surface area (TPSA) is 102 Å². The maximum atomic E-state index is 11.0. The van der Waals surface area contributed by atoms with E-state index in [-0.39, 0.29) is 5.56 Å². The first kappa shape index (κ1) is 15.2. The van der Waals surface area contributed by atoms with Crippen molar-refractivity contribution in [3.8, 4) is 5.75 Å². The Morgan fingerprint density at radius 1 is 1.30 bits per heavy atom. The Kier molecular flexibility index (Phi) is 4.68. The van der Waals surface area contributed by atoms with Crippen LogP contribution in [-0.4, -0.2) is 35.1 Å². The Hall–Kier alpha value is -2.67. The van der Waals surface area contributed by atoms with Crippen molar-refractivity contribution < 1.29 is 9.53 Å². The molecule has 1 fully saturated rings. The van der Waals surface area contributed by atoms with Crippen LogP contribution in [0.1, 0.15) is 23.2 Å². The summed E-state index contributed by atoms with van der Waals surface area (Å²) in [6.45, 7) is 1.76. The number of carbonyl (C=O) groups excluding carboxylic acids is 1. The number of hydrogen-bond donors (Lipinski definition) is 3. The number of anilines is 2. The minimum Gasteiger partial charge on any atom is -0.492 e. The van der Waals surface area contributed by atoms with Gasteiger partial charge in [-0.05, 0) is 43.7 Å². The van der Waals surface area contributed by atoms with E-state index in [1.165, 1.54) is 18.8 Å². The van der Waals surface area contributed by atoms with E-state index in [4.69, 9.17) is 10.5 Å². The summed E-state index contributed by atoms with van der Waals surface area (Å²) in [7, 11) is 0. The Labute approximate surface area is 134 Å². The third-order valence-corrected chi connectivity index (χ3v) is 3.66. The third-order valence-electron chi connectivity index (χ3n) is 3.66. The number of nitrogens with zero attached hydrogens (tertiary/aromatic N) is 2. The van der Waals surface area contributed by atoms with E-state index in [9.17, 15) is 4.79 Å². The maximum absolute atomic E-state index is 11.0. The highest BCUT2D eigenvalue weighted by Gasteiger charge is 2.14. The number of nitrogens with two attached hydrogens (primary N) is 1. The summed E-state index contributed by atoms with van der Waals surface area (Å²) in [4.78, 5) is 19.1. The summed E-state index contributed by atoms with van der Waals surface area (Å²) in [5.41, 5.74) is 6.26. The molecule has 120 valence electrons. The SMILES string of the molecule is NC(=O)c1cnc(Nc2ccc(OC[C@H]3CCCN3)cc2)nc1. The zero-order valence-corrected chi connectivity index (χ0v) is 12.7. The summed E-state index contributed by atoms with van der Waals surface area (Å²) in [5.74, 6) is 0.683. The summed E-state index contributed by atoms with van der Waals surface area (Å²) in [6, 6.07) is 8.03. The molecule has 2 aromatic rings. The molecule has 1 aliphatic rings. The lowest BCUT2D eigenvalue weighted by Crippen LogP contribution is -2.28. The second kappa shape index (κ2) is 7.06. The zero-order chi connectivity index (χ0) is 16.1. The van der Waals surface area contributed by atoms with Crippen molar-refractivity contribution in [2.45, 2.75) is 18.9 Å². The molecule has 0 unspecified atom stereocenters. The van der Waals surface area contributed by atoms with Crippen molar-refractivity contribution in [1.82, 2.24) is 15.3 Å². The van der Waals surface area contributed by atoms with E-state index in [1.54, 1.807) is 0 Å². The van der Waals surface area contributed by atoms with Crippen molar-refractivity contribution >= 4 is 17.5 Å². The van der Waals surface area contributed by atoms with E-state index in [0.717, 1.165) is 24.4 Å². The lowest BCUT2D eigenvalue weighted by Gasteiger charge is -2.12. The standard InChI is InChI=1S/C16H19N5O2/c17-15(22)11-8-19-16(20-9-11)21-12-3-5-14(6-4-12)23-10-13-2-1-7-18-13/h3-6,8-9,13,18H,1-2,7,10H2,(H2,17,22)(H,19,20,21)/t13-/m1/s1. The van der Waals surface area contributed by atoms with Gasteiger partial charge in [-0.15, -0.1) is 0 Å². The largest absolute Gasteiger partial charge is 0.492 e. The molecule has 7 nitrogen and oxygen atoms in total. The second-order valence-corrected chi connectivity index (χ2v) is 5.41. The quantitative estimate of drug-likeness (QED) is 0.746. The van der Waals surface area contributed by atoms with Crippen LogP contribution in [0.25, 0.3) is 0 Å². The molecule has 0 radical (unpaired) electrons. The lowest BCUT2D eigenvalue weighted by atomic mass is 10.2. The number of nitrogens with one attached hydrogen (secondary N) is 2. The number of hydrogen-bond acceptors (Lipinski definition) is 6. The van der Waals surface area contributed by atoms with E-state index >= 15 is 0 Å². The van der Waals surface area contributed by atoms with Crippen molar-refractivity contribution in [2.75, 3.05) is 18.5 Å². The predicted octanol–water partition coefficient (Wildman–Crippen LogP) is 1.45. The number of amides is 1.